The van der Waals surface area contributed by atoms with E-state index in [-0.39, 0.29) is 49.6 Å². The summed E-state index contributed by atoms with van der Waals surface area (Å²) in [7, 11) is 0. The fourth-order valence-electron chi connectivity index (χ4n) is 5.68. The average molecular weight is 432 g/mol. The number of nitriles is 1. The molecule has 4 unspecified atom stereocenters. The van der Waals surface area contributed by atoms with Crippen LogP contribution in [0.25, 0.3) is 0 Å². The number of likely N-dealkylation sites (tertiary alicyclic amines) is 2. The molecule has 1 N–H and O–H groups in total. The Morgan fingerprint density at radius 1 is 1.13 bits per heavy atom. The number of fused-ring (bicyclic) bond motifs is 1. The van der Waals surface area contributed by atoms with Crippen LogP contribution in [0.5, 0.6) is 0 Å². The third-order valence-corrected chi connectivity index (χ3v) is 7.62. The van der Waals surface area contributed by atoms with E-state index in [1.54, 1.807) is 0 Å². The lowest BCUT2D eigenvalue weighted by molar-refractivity contribution is -0.146. The number of amides is 3. The molecule has 2 heterocycles. The molecule has 4 aliphatic rings. The maximum atomic E-state index is 14.3. The first-order valence-electron chi connectivity index (χ1n) is 11.3. The molecule has 9 heteroatoms. The Kier molecular flexibility index (Phi) is 6.00. The predicted octanol–water partition coefficient (Wildman–Crippen LogP) is 0.952. The standard InChI is InChI=1S/C22H29FN4O4/c23-22(6-3-7-22)21(31)25-10-18(29)27-12-15-4-1-2-5-17(15)19(27)20(30)26-11-14(13-28)8-16(26)9-24/h13-17,19H,1-8,10-12H2,(H,25,31)/t14?,15?,16?,17?,19-/m0/s1. The summed E-state index contributed by atoms with van der Waals surface area (Å²) in [5, 5.41) is 11.9. The second kappa shape index (κ2) is 8.56. The summed E-state index contributed by atoms with van der Waals surface area (Å²) in [5.74, 6) is -1.61. The van der Waals surface area contributed by atoms with Crippen LogP contribution in [0.3, 0.4) is 0 Å². The highest BCUT2D eigenvalue weighted by Gasteiger charge is 2.51. The van der Waals surface area contributed by atoms with E-state index < -0.39 is 29.6 Å². The van der Waals surface area contributed by atoms with E-state index in [4.69, 9.17) is 0 Å². The Labute approximate surface area is 181 Å². The van der Waals surface area contributed by atoms with Crippen molar-refractivity contribution in [3.63, 3.8) is 0 Å². The maximum Gasteiger partial charge on any atom is 0.258 e. The van der Waals surface area contributed by atoms with Gasteiger partial charge in [-0.1, -0.05) is 12.8 Å². The van der Waals surface area contributed by atoms with Gasteiger partial charge >= 0.3 is 0 Å². The van der Waals surface area contributed by atoms with E-state index in [0.717, 1.165) is 32.0 Å². The molecular weight excluding hydrogens is 403 g/mol. The monoisotopic (exact) mass is 432 g/mol. The highest BCUT2D eigenvalue weighted by molar-refractivity contribution is 5.93. The third kappa shape index (κ3) is 3.92. The molecule has 8 nitrogen and oxygen atoms in total. The number of nitrogens with zero attached hydrogens (tertiary/aromatic N) is 3. The Bertz CT molecular complexity index is 808. The number of alkyl halides is 1. The average Bonchev–Trinajstić information content (AvgIpc) is 3.36. The number of carbonyl (C=O) groups is 4. The van der Waals surface area contributed by atoms with Gasteiger partial charge in [-0.15, -0.1) is 0 Å². The van der Waals surface area contributed by atoms with Crippen LogP contribution in [0.4, 0.5) is 4.39 Å². The lowest BCUT2D eigenvalue weighted by atomic mass is 9.78. The molecule has 2 aliphatic heterocycles. The molecule has 0 aromatic heterocycles. The van der Waals surface area contributed by atoms with Crippen molar-refractivity contribution in [2.75, 3.05) is 19.6 Å². The summed E-state index contributed by atoms with van der Waals surface area (Å²) in [6, 6.07) is 0.743. The minimum absolute atomic E-state index is 0.00896. The highest BCUT2D eigenvalue weighted by atomic mass is 19.1. The van der Waals surface area contributed by atoms with Gasteiger partial charge in [0.15, 0.2) is 5.67 Å². The van der Waals surface area contributed by atoms with Gasteiger partial charge in [-0.05, 0) is 50.4 Å². The van der Waals surface area contributed by atoms with Crippen molar-refractivity contribution in [1.29, 1.82) is 5.26 Å². The first-order chi connectivity index (χ1) is 14.9. The molecule has 2 saturated carbocycles. The van der Waals surface area contributed by atoms with Crippen molar-refractivity contribution in [3.8, 4) is 6.07 Å². The van der Waals surface area contributed by atoms with E-state index in [1.165, 1.54) is 9.80 Å². The van der Waals surface area contributed by atoms with Gasteiger partial charge in [0.2, 0.25) is 11.8 Å². The second-order valence-corrected chi connectivity index (χ2v) is 9.47. The zero-order valence-electron chi connectivity index (χ0n) is 17.6. The lowest BCUT2D eigenvalue weighted by Crippen LogP contribution is -2.55. The minimum atomic E-state index is -1.88. The molecule has 0 spiro atoms. The molecule has 0 aromatic rings. The summed E-state index contributed by atoms with van der Waals surface area (Å²) in [6.07, 6.45) is 5.87. The summed E-state index contributed by atoms with van der Waals surface area (Å²) in [5.41, 5.74) is -1.88. The Balaban J connectivity index is 1.49. The van der Waals surface area contributed by atoms with Crippen molar-refractivity contribution in [2.45, 2.75) is 69.1 Å². The number of aldehydes is 1. The van der Waals surface area contributed by atoms with Crippen molar-refractivity contribution in [3.05, 3.63) is 0 Å². The zero-order valence-corrected chi connectivity index (χ0v) is 17.6. The molecule has 168 valence electrons. The SMILES string of the molecule is N#CC1CC(C=O)CN1C(=O)[C@@H]1C2CCCCC2CN1C(=O)CNC(=O)C1(F)CCC1. The number of halogens is 1. The molecule has 0 aromatic carbocycles. The molecule has 5 atom stereocenters. The Morgan fingerprint density at radius 2 is 1.87 bits per heavy atom. The van der Waals surface area contributed by atoms with Crippen LogP contribution in [-0.2, 0) is 19.2 Å². The van der Waals surface area contributed by atoms with Gasteiger partial charge < -0.3 is 19.9 Å². The van der Waals surface area contributed by atoms with Gasteiger partial charge in [-0.25, -0.2) is 4.39 Å². The highest BCUT2D eigenvalue weighted by Crippen LogP contribution is 2.42. The third-order valence-electron chi connectivity index (χ3n) is 7.62. The van der Waals surface area contributed by atoms with Crippen molar-refractivity contribution in [2.24, 2.45) is 17.8 Å². The van der Waals surface area contributed by atoms with Crippen LogP contribution >= 0.6 is 0 Å². The van der Waals surface area contributed by atoms with E-state index in [9.17, 15) is 28.8 Å². The van der Waals surface area contributed by atoms with Gasteiger partial charge in [-0.3, -0.25) is 14.4 Å². The fraction of sp³-hybridized carbons (Fsp3) is 0.773. The van der Waals surface area contributed by atoms with Gasteiger partial charge in [0.05, 0.1) is 12.6 Å². The molecule has 0 bridgehead atoms. The van der Waals surface area contributed by atoms with Crippen LogP contribution in [0.2, 0.25) is 0 Å². The van der Waals surface area contributed by atoms with Gasteiger partial charge in [0.1, 0.15) is 18.4 Å². The van der Waals surface area contributed by atoms with E-state index in [1.807, 2.05) is 0 Å². The zero-order chi connectivity index (χ0) is 22.2. The van der Waals surface area contributed by atoms with E-state index in [0.29, 0.717) is 19.4 Å². The molecule has 2 saturated heterocycles. The molecule has 4 fully saturated rings. The number of hydrogen-bond acceptors (Lipinski definition) is 5. The van der Waals surface area contributed by atoms with Crippen molar-refractivity contribution in [1.82, 2.24) is 15.1 Å². The number of rotatable bonds is 5. The topological polar surface area (TPSA) is 111 Å². The summed E-state index contributed by atoms with van der Waals surface area (Å²) < 4.78 is 14.3. The van der Waals surface area contributed by atoms with Crippen molar-refractivity contribution >= 4 is 24.0 Å². The smallest absolute Gasteiger partial charge is 0.258 e. The Morgan fingerprint density at radius 3 is 2.52 bits per heavy atom. The quantitative estimate of drug-likeness (QED) is 0.651. The molecule has 0 radical (unpaired) electrons. The molecule has 3 amide bonds. The van der Waals surface area contributed by atoms with Crippen molar-refractivity contribution < 1.29 is 23.6 Å². The van der Waals surface area contributed by atoms with Crippen LogP contribution in [0.1, 0.15) is 51.4 Å². The second-order valence-electron chi connectivity index (χ2n) is 9.47. The van der Waals surface area contributed by atoms with Crippen LogP contribution in [0.15, 0.2) is 0 Å². The summed E-state index contributed by atoms with van der Waals surface area (Å²) >= 11 is 0. The normalized spacial score (nSPS) is 33.7. The first-order valence-corrected chi connectivity index (χ1v) is 11.3. The fourth-order valence-corrected chi connectivity index (χ4v) is 5.68. The van der Waals surface area contributed by atoms with Gasteiger partial charge in [-0.2, -0.15) is 5.26 Å². The number of carbonyl (C=O) groups excluding carboxylic acids is 4. The maximum absolute atomic E-state index is 14.3. The molecule has 31 heavy (non-hydrogen) atoms. The number of hydrogen-bond donors (Lipinski definition) is 1. The largest absolute Gasteiger partial charge is 0.344 e. The molecular formula is C22H29FN4O4. The van der Waals surface area contributed by atoms with Crippen LogP contribution < -0.4 is 5.32 Å². The van der Waals surface area contributed by atoms with E-state index >= 15 is 0 Å². The predicted molar refractivity (Wildman–Crippen MR) is 107 cm³/mol. The molecule has 4 rings (SSSR count). The van der Waals surface area contributed by atoms with Gasteiger partial charge in [0.25, 0.3) is 5.91 Å². The Hall–Kier alpha value is -2.50. The summed E-state index contributed by atoms with van der Waals surface area (Å²) in [6.45, 7) is 0.280. The first kappa shape index (κ1) is 21.7. The summed E-state index contributed by atoms with van der Waals surface area (Å²) in [4.78, 5) is 52.8. The minimum Gasteiger partial charge on any atom is -0.344 e. The van der Waals surface area contributed by atoms with Crippen LogP contribution in [-0.4, -0.2) is 71.2 Å². The van der Waals surface area contributed by atoms with E-state index in [2.05, 4.69) is 11.4 Å². The lowest BCUT2D eigenvalue weighted by Gasteiger charge is -2.34. The van der Waals surface area contributed by atoms with Gasteiger partial charge in [0, 0.05) is 19.0 Å². The number of nitrogens with one attached hydrogen (secondary N) is 1. The van der Waals surface area contributed by atoms with Crippen LogP contribution in [0, 0.1) is 29.1 Å². The molecule has 2 aliphatic carbocycles.